The monoisotopic (exact) mass is 593 g/mol. The number of amides is 2. The molecule has 228 valence electrons. The molecular formula is C34H47N3O4S. The number of nitrogens with one attached hydrogen (secondary N) is 1. The van der Waals surface area contributed by atoms with Crippen LogP contribution < -0.4 is 9.62 Å². The molecule has 4 saturated carbocycles. The first-order chi connectivity index (χ1) is 19.9. The molecule has 42 heavy (non-hydrogen) atoms. The van der Waals surface area contributed by atoms with E-state index in [0.29, 0.717) is 5.69 Å². The van der Waals surface area contributed by atoms with E-state index in [2.05, 4.69) is 17.4 Å². The molecule has 2 aromatic rings. The summed E-state index contributed by atoms with van der Waals surface area (Å²) in [6.07, 6.45) is 9.71. The summed E-state index contributed by atoms with van der Waals surface area (Å²) in [4.78, 5) is 28.5. The fourth-order valence-corrected chi connectivity index (χ4v) is 8.96. The van der Waals surface area contributed by atoms with E-state index in [1.807, 2.05) is 57.2 Å². The van der Waals surface area contributed by atoms with Gasteiger partial charge in [-0.15, -0.1) is 0 Å². The van der Waals surface area contributed by atoms with E-state index in [9.17, 15) is 18.0 Å². The lowest BCUT2D eigenvalue weighted by Crippen LogP contribution is -2.52. The van der Waals surface area contributed by atoms with Gasteiger partial charge in [0.2, 0.25) is 21.8 Å². The van der Waals surface area contributed by atoms with Gasteiger partial charge in [-0.05, 0) is 112 Å². The summed E-state index contributed by atoms with van der Waals surface area (Å²) in [5.41, 5.74) is 3.93. The third-order valence-electron chi connectivity index (χ3n) is 10.1. The van der Waals surface area contributed by atoms with E-state index in [4.69, 9.17) is 0 Å². The molecule has 8 heteroatoms. The van der Waals surface area contributed by atoms with Gasteiger partial charge in [-0.3, -0.25) is 13.9 Å². The van der Waals surface area contributed by atoms with Gasteiger partial charge in [0.15, 0.2) is 0 Å². The first-order valence-electron chi connectivity index (χ1n) is 15.6. The third-order valence-corrected chi connectivity index (χ3v) is 11.2. The van der Waals surface area contributed by atoms with Crippen molar-refractivity contribution in [3.63, 3.8) is 0 Å². The van der Waals surface area contributed by atoms with Gasteiger partial charge in [-0.2, -0.15) is 0 Å². The summed E-state index contributed by atoms with van der Waals surface area (Å²) in [5, 5.41) is 2.97. The van der Waals surface area contributed by atoms with Crippen molar-refractivity contribution in [2.75, 3.05) is 17.1 Å². The smallest absolute Gasteiger partial charge is 0.244 e. The summed E-state index contributed by atoms with van der Waals surface area (Å²) in [7, 11) is -3.77. The van der Waals surface area contributed by atoms with Crippen molar-refractivity contribution >= 4 is 27.5 Å². The first-order valence-corrected chi connectivity index (χ1v) is 17.5. The van der Waals surface area contributed by atoms with Crippen molar-refractivity contribution in [2.45, 2.75) is 96.7 Å². The molecule has 2 aromatic carbocycles. The van der Waals surface area contributed by atoms with Gasteiger partial charge >= 0.3 is 0 Å². The Morgan fingerprint density at radius 1 is 0.976 bits per heavy atom. The van der Waals surface area contributed by atoms with Crippen LogP contribution in [0.1, 0.15) is 82.4 Å². The number of carbonyl (C=O) groups is 2. The van der Waals surface area contributed by atoms with Gasteiger partial charge in [0.1, 0.15) is 12.6 Å². The van der Waals surface area contributed by atoms with Crippen LogP contribution >= 0.6 is 0 Å². The maximum absolute atomic E-state index is 13.9. The standard InChI is InChI=1S/C34H47N3O4S/c1-6-24(3)35-33(39)25(4)36(21-26-9-7-8-23(2)14-26)32(38)22-37(42(5,40)41)31-12-10-30(11-13-31)34-18-27-15-28(19-34)17-29(16-27)20-34/h7-14,24-25,27-29H,6,15-22H2,1-5H3,(H,35,39). The second-order valence-corrected chi connectivity index (χ2v) is 15.4. The van der Waals surface area contributed by atoms with Crippen molar-refractivity contribution in [1.82, 2.24) is 10.2 Å². The number of rotatable bonds is 11. The Morgan fingerprint density at radius 3 is 2.10 bits per heavy atom. The summed E-state index contributed by atoms with van der Waals surface area (Å²) in [6.45, 7) is 7.43. The van der Waals surface area contributed by atoms with Crippen LogP contribution in [0.3, 0.4) is 0 Å². The molecule has 4 aliphatic rings. The Kier molecular flexibility index (Phi) is 8.75. The van der Waals surface area contributed by atoms with Gasteiger partial charge in [0, 0.05) is 12.6 Å². The SMILES string of the molecule is CCC(C)NC(=O)C(C)N(Cc1cccc(C)c1)C(=O)CN(c1ccc(C23CC4CC(CC(C4)C2)C3)cc1)S(C)(=O)=O. The molecule has 2 atom stereocenters. The van der Waals surface area contributed by atoms with Gasteiger partial charge < -0.3 is 10.2 Å². The van der Waals surface area contributed by atoms with Crippen molar-refractivity contribution in [1.29, 1.82) is 0 Å². The van der Waals surface area contributed by atoms with Crippen LogP contribution in [0.25, 0.3) is 0 Å². The minimum absolute atomic E-state index is 0.0316. The minimum Gasteiger partial charge on any atom is -0.352 e. The Labute approximate surface area is 252 Å². The second-order valence-electron chi connectivity index (χ2n) is 13.5. The Hall–Kier alpha value is -2.87. The summed E-state index contributed by atoms with van der Waals surface area (Å²) < 4.78 is 27.3. The highest BCUT2D eigenvalue weighted by molar-refractivity contribution is 7.92. The highest BCUT2D eigenvalue weighted by atomic mass is 32.2. The summed E-state index contributed by atoms with van der Waals surface area (Å²) in [6, 6.07) is 14.9. The highest BCUT2D eigenvalue weighted by Gasteiger charge is 2.51. The maximum atomic E-state index is 13.9. The normalized spacial score (nSPS) is 26.0. The van der Waals surface area contributed by atoms with E-state index in [1.54, 1.807) is 6.92 Å². The number of carbonyl (C=O) groups excluding carboxylic acids is 2. The molecule has 0 spiro atoms. The van der Waals surface area contributed by atoms with E-state index in [0.717, 1.165) is 41.6 Å². The number of nitrogens with zero attached hydrogens (tertiary/aromatic N) is 2. The molecule has 2 amide bonds. The van der Waals surface area contributed by atoms with Crippen molar-refractivity contribution in [2.24, 2.45) is 17.8 Å². The molecule has 0 aromatic heterocycles. The van der Waals surface area contributed by atoms with Crippen molar-refractivity contribution in [3.05, 3.63) is 65.2 Å². The van der Waals surface area contributed by atoms with E-state index < -0.39 is 22.0 Å². The van der Waals surface area contributed by atoms with E-state index >= 15 is 0 Å². The molecule has 0 heterocycles. The largest absolute Gasteiger partial charge is 0.352 e. The van der Waals surface area contributed by atoms with Crippen LogP contribution in [-0.2, 0) is 31.6 Å². The van der Waals surface area contributed by atoms with Crippen molar-refractivity contribution in [3.8, 4) is 0 Å². The number of benzene rings is 2. The average Bonchev–Trinajstić information content (AvgIpc) is 2.93. The lowest BCUT2D eigenvalue weighted by molar-refractivity contribution is -0.139. The molecule has 6 rings (SSSR count). The van der Waals surface area contributed by atoms with Gasteiger partial charge in [-0.25, -0.2) is 8.42 Å². The molecule has 0 saturated heterocycles. The molecule has 0 radical (unpaired) electrons. The molecule has 1 N–H and O–H groups in total. The van der Waals surface area contributed by atoms with Crippen molar-refractivity contribution < 1.29 is 18.0 Å². The molecule has 4 fully saturated rings. The van der Waals surface area contributed by atoms with Crippen LogP contribution in [0, 0.1) is 24.7 Å². The minimum atomic E-state index is -3.77. The summed E-state index contributed by atoms with van der Waals surface area (Å²) >= 11 is 0. The molecule has 4 bridgehead atoms. The predicted molar refractivity (Wildman–Crippen MR) is 168 cm³/mol. The van der Waals surface area contributed by atoms with Gasteiger partial charge in [0.25, 0.3) is 0 Å². The van der Waals surface area contributed by atoms with Gasteiger partial charge in [0.05, 0.1) is 11.9 Å². The first kappa shape index (κ1) is 30.6. The number of anilines is 1. The zero-order chi connectivity index (χ0) is 30.2. The molecule has 7 nitrogen and oxygen atoms in total. The zero-order valence-corrected chi connectivity index (χ0v) is 26.6. The fraction of sp³-hybridized carbons (Fsp3) is 0.588. The highest BCUT2D eigenvalue weighted by Crippen LogP contribution is 2.60. The van der Waals surface area contributed by atoms with Crippen LogP contribution in [-0.4, -0.2) is 50.0 Å². The quantitative estimate of drug-likeness (QED) is 0.370. The lowest BCUT2D eigenvalue weighted by atomic mass is 9.48. The second kappa shape index (κ2) is 12.0. The average molecular weight is 594 g/mol. The predicted octanol–water partition coefficient (Wildman–Crippen LogP) is 5.56. The topological polar surface area (TPSA) is 86.8 Å². The number of aryl methyl sites for hydroxylation is 1. The number of sulfonamides is 1. The Bertz CT molecular complexity index is 1370. The van der Waals surface area contributed by atoms with Crippen LogP contribution in [0.15, 0.2) is 48.5 Å². The van der Waals surface area contributed by atoms with E-state index in [1.165, 1.54) is 53.3 Å². The van der Waals surface area contributed by atoms with Crippen LogP contribution in [0.4, 0.5) is 5.69 Å². The molecule has 4 aliphatic carbocycles. The number of hydrogen-bond acceptors (Lipinski definition) is 4. The maximum Gasteiger partial charge on any atom is 0.244 e. The van der Waals surface area contributed by atoms with Crippen LogP contribution in [0.2, 0.25) is 0 Å². The third kappa shape index (κ3) is 6.53. The van der Waals surface area contributed by atoms with Crippen LogP contribution in [0.5, 0.6) is 0 Å². The zero-order valence-electron chi connectivity index (χ0n) is 25.8. The summed E-state index contributed by atoms with van der Waals surface area (Å²) in [5.74, 6) is 1.79. The molecule has 0 aliphatic heterocycles. The number of hydrogen-bond donors (Lipinski definition) is 1. The Morgan fingerprint density at radius 2 is 1.57 bits per heavy atom. The molecule has 2 unspecified atom stereocenters. The fourth-order valence-electron chi connectivity index (χ4n) is 8.11. The van der Waals surface area contributed by atoms with Gasteiger partial charge in [-0.1, -0.05) is 48.9 Å². The van der Waals surface area contributed by atoms with E-state index in [-0.39, 0.29) is 30.5 Å². The lowest BCUT2D eigenvalue weighted by Gasteiger charge is -2.57. The molecular weight excluding hydrogens is 546 g/mol. The Balaban J connectivity index is 1.38.